The number of benzene rings is 1. The van der Waals surface area contributed by atoms with Gasteiger partial charge in [0.2, 0.25) is 0 Å². The maximum Gasteiger partial charge on any atom is 0.196 e. The number of carbonyl (C=O) groups excluding carboxylic acids is 1. The Labute approximate surface area is 104 Å². The molecule has 0 aliphatic rings. The highest BCUT2D eigenvalue weighted by molar-refractivity contribution is 7.12. The van der Waals surface area contributed by atoms with Gasteiger partial charge in [-0.2, -0.15) is 0 Å². The van der Waals surface area contributed by atoms with E-state index < -0.39 is 0 Å². The number of rotatable bonds is 2. The molecule has 0 atom stereocenters. The van der Waals surface area contributed by atoms with Gasteiger partial charge in [0.05, 0.1) is 4.88 Å². The first kappa shape index (κ1) is 11.4. The number of hydrogen-bond acceptors (Lipinski definition) is 2. The first-order valence-corrected chi connectivity index (χ1v) is 6.05. The van der Waals surface area contributed by atoms with Gasteiger partial charge in [-0.05, 0) is 35.7 Å². The Morgan fingerprint density at radius 3 is 2.65 bits per heavy atom. The highest BCUT2D eigenvalue weighted by atomic mass is 32.1. The molecular weight excluding hydrogens is 228 g/mol. The van der Waals surface area contributed by atoms with E-state index in [0.717, 1.165) is 10.4 Å². The van der Waals surface area contributed by atoms with Crippen LogP contribution in [0.2, 0.25) is 0 Å². The Bertz CT molecular complexity index is 568. The molecular formula is C15H10OS. The maximum absolute atomic E-state index is 11.6. The van der Waals surface area contributed by atoms with Crippen molar-refractivity contribution >= 4 is 17.1 Å². The van der Waals surface area contributed by atoms with Gasteiger partial charge in [0.15, 0.2) is 5.78 Å². The minimum atomic E-state index is 0.00219. The van der Waals surface area contributed by atoms with Gasteiger partial charge in [-0.15, -0.1) is 11.3 Å². The lowest BCUT2D eigenvalue weighted by Crippen LogP contribution is -1.87. The molecule has 2 heteroatoms. The molecule has 1 nitrogen and oxygen atoms in total. The van der Waals surface area contributed by atoms with Gasteiger partial charge in [0, 0.05) is 5.56 Å². The van der Waals surface area contributed by atoms with Gasteiger partial charge in [0.25, 0.3) is 0 Å². The van der Waals surface area contributed by atoms with Crippen molar-refractivity contribution in [3.8, 4) is 11.8 Å². The van der Waals surface area contributed by atoms with Crippen LogP contribution in [0.15, 0.2) is 60.0 Å². The van der Waals surface area contributed by atoms with E-state index in [2.05, 4.69) is 11.8 Å². The van der Waals surface area contributed by atoms with Crippen LogP contribution in [0.3, 0.4) is 0 Å². The van der Waals surface area contributed by atoms with Crippen LogP contribution in [0.25, 0.3) is 0 Å². The molecule has 0 saturated carbocycles. The van der Waals surface area contributed by atoms with Gasteiger partial charge >= 0.3 is 0 Å². The van der Waals surface area contributed by atoms with E-state index in [4.69, 9.17) is 0 Å². The third kappa shape index (κ3) is 3.44. The smallest absolute Gasteiger partial charge is 0.196 e. The zero-order valence-corrected chi connectivity index (χ0v) is 9.91. The fourth-order valence-electron chi connectivity index (χ4n) is 1.26. The molecule has 0 radical (unpaired) electrons. The molecule has 0 saturated heterocycles. The molecule has 0 aliphatic heterocycles. The molecule has 0 spiro atoms. The van der Waals surface area contributed by atoms with Crippen molar-refractivity contribution in [3.63, 3.8) is 0 Å². The standard InChI is InChI=1S/C15H10OS/c16-14(15-11-6-12-17-15)10-5-4-9-13-7-2-1-3-8-13/h1-3,5-8,10-12H/b10-5+. The zero-order chi connectivity index (χ0) is 11.9. The van der Waals surface area contributed by atoms with E-state index in [1.165, 1.54) is 17.4 Å². The van der Waals surface area contributed by atoms with Crippen LogP contribution in [0.5, 0.6) is 0 Å². The molecule has 0 fully saturated rings. The molecule has 0 aliphatic carbocycles. The van der Waals surface area contributed by atoms with Crippen LogP contribution >= 0.6 is 11.3 Å². The molecule has 0 bridgehead atoms. The van der Waals surface area contributed by atoms with E-state index >= 15 is 0 Å². The number of carbonyl (C=O) groups is 1. The van der Waals surface area contributed by atoms with Gasteiger partial charge in [-0.1, -0.05) is 36.1 Å². The molecule has 0 unspecified atom stereocenters. The molecule has 82 valence electrons. The average molecular weight is 238 g/mol. The first-order chi connectivity index (χ1) is 8.36. The van der Waals surface area contributed by atoms with Crippen molar-refractivity contribution in [2.75, 3.05) is 0 Å². The van der Waals surface area contributed by atoms with Crippen LogP contribution in [-0.4, -0.2) is 5.78 Å². The molecule has 0 N–H and O–H groups in total. The maximum atomic E-state index is 11.6. The third-order valence-corrected chi connectivity index (χ3v) is 2.96. The zero-order valence-electron chi connectivity index (χ0n) is 9.09. The Morgan fingerprint density at radius 1 is 1.12 bits per heavy atom. The Kier molecular flexibility index (Phi) is 3.90. The predicted molar refractivity (Wildman–Crippen MR) is 71.1 cm³/mol. The monoisotopic (exact) mass is 238 g/mol. The summed E-state index contributed by atoms with van der Waals surface area (Å²) in [5, 5.41) is 1.89. The van der Waals surface area contributed by atoms with E-state index in [1.807, 2.05) is 47.8 Å². The van der Waals surface area contributed by atoms with E-state index in [9.17, 15) is 4.79 Å². The van der Waals surface area contributed by atoms with Crippen molar-refractivity contribution in [2.45, 2.75) is 0 Å². The highest BCUT2D eigenvalue weighted by Crippen LogP contribution is 2.09. The van der Waals surface area contributed by atoms with Crippen LogP contribution in [0.4, 0.5) is 0 Å². The molecule has 1 aromatic heterocycles. The fourth-order valence-corrected chi connectivity index (χ4v) is 1.91. The van der Waals surface area contributed by atoms with Crippen LogP contribution in [0, 0.1) is 11.8 Å². The Hall–Kier alpha value is -2.11. The molecule has 2 aromatic rings. The SMILES string of the molecule is O=C(/C=C/C#Cc1ccccc1)c1cccs1. The second-order valence-corrected chi connectivity index (χ2v) is 4.26. The summed E-state index contributed by atoms with van der Waals surface area (Å²) in [6, 6.07) is 13.4. The largest absolute Gasteiger partial charge is 0.288 e. The predicted octanol–water partition coefficient (Wildman–Crippen LogP) is 3.54. The van der Waals surface area contributed by atoms with Crippen molar-refractivity contribution in [2.24, 2.45) is 0 Å². The van der Waals surface area contributed by atoms with E-state index in [0.29, 0.717) is 0 Å². The lowest BCUT2D eigenvalue weighted by atomic mass is 10.2. The Morgan fingerprint density at radius 2 is 1.94 bits per heavy atom. The number of thiophene rings is 1. The summed E-state index contributed by atoms with van der Waals surface area (Å²) in [6.07, 6.45) is 3.09. The summed E-state index contributed by atoms with van der Waals surface area (Å²) in [4.78, 5) is 12.3. The molecule has 1 heterocycles. The van der Waals surface area contributed by atoms with Gasteiger partial charge in [-0.3, -0.25) is 4.79 Å². The molecule has 0 amide bonds. The molecule has 1 aromatic carbocycles. The number of ketones is 1. The topological polar surface area (TPSA) is 17.1 Å². The summed E-state index contributed by atoms with van der Waals surface area (Å²) in [6.45, 7) is 0. The lowest BCUT2D eigenvalue weighted by molar-refractivity contribution is 0.105. The van der Waals surface area contributed by atoms with Crippen LogP contribution < -0.4 is 0 Å². The summed E-state index contributed by atoms with van der Waals surface area (Å²) in [7, 11) is 0. The van der Waals surface area contributed by atoms with Crippen molar-refractivity contribution in [3.05, 3.63) is 70.4 Å². The summed E-state index contributed by atoms with van der Waals surface area (Å²) >= 11 is 1.44. The van der Waals surface area contributed by atoms with E-state index in [-0.39, 0.29) is 5.78 Å². The normalized spacial score (nSPS) is 9.88. The van der Waals surface area contributed by atoms with Crippen molar-refractivity contribution in [1.82, 2.24) is 0 Å². The second-order valence-electron chi connectivity index (χ2n) is 3.31. The van der Waals surface area contributed by atoms with Gasteiger partial charge < -0.3 is 0 Å². The van der Waals surface area contributed by atoms with Crippen molar-refractivity contribution < 1.29 is 4.79 Å². The minimum absolute atomic E-state index is 0.00219. The average Bonchev–Trinajstić information content (AvgIpc) is 2.89. The summed E-state index contributed by atoms with van der Waals surface area (Å²) < 4.78 is 0. The summed E-state index contributed by atoms with van der Waals surface area (Å²) in [5.74, 6) is 5.81. The van der Waals surface area contributed by atoms with Gasteiger partial charge in [-0.25, -0.2) is 0 Å². The van der Waals surface area contributed by atoms with Gasteiger partial charge in [0.1, 0.15) is 0 Å². The lowest BCUT2D eigenvalue weighted by Gasteiger charge is -1.85. The molecule has 2 rings (SSSR count). The van der Waals surface area contributed by atoms with E-state index in [1.54, 1.807) is 6.08 Å². The molecule has 17 heavy (non-hydrogen) atoms. The number of allylic oxidation sites excluding steroid dienone is 2. The summed E-state index contributed by atoms with van der Waals surface area (Å²) in [5.41, 5.74) is 0.945. The van der Waals surface area contributed by atoms with Crippen LogP contribution in [-0.2, 0) is 0 Å². The number of hydrogen-bond donors (Lipinski definition) is 0. The highest BCUT2D eigenvalue weighted by Gasteiger charge is 1.99. The third-order valence-electron chi connectivity index (χ3n) is 2.07. The second kappa shape index (κ2) is 5.83. The minimum Gasteiger partial charge on any atom is -0.288 e. The van der Waals surface area contributed by atoms with Crippen LogP contribution in [0.1, 0.15) is 15.2 Å². The fraction of sp³-hybridized carbons (Fsp3) is 0. The van der Waals surface area contributed by atoms with Crippen molar-refractivity contribution in [1.29, 1.82) is 0 Å². The first-order valence-electron chi connectivity index (χ1n) is 5.17. The quantitative estimate of drug-likeness (QED) is 0.444. The Balaban J connectivity index is 1.99.